The predicted molar refractivity (Wildman–Crippen MR) is 145 cm³/mol. The van der Waals surface area contributed by atoms with Gasteiger partial charge in [0.1, 0.15) is 11.4 Å². The second-order valence-electron chi connectivity index (χ2n) is 9.15. The average Bonchev–Trinajstić information content (AvgIpc) is 3.59. The first-order valence-electron chi connectivity index (χ1n) is 12.4. The minimum absolute atomic E-state index is 0.0107. The third-order valence-corrected chi connectivity index (χ3v) is 6.93. The van der Waals surface area contributed by atoms with E-state index in [1.165, 1.54) is 7.11 Å². The number of aromatic amines is 1. The van der Waals surface area contributed by atoms with E-state index >= 15 is 0 Å². The number of rotatable bonds is 7. The molecule has 38 heavy (non-hydrogen) atoms. The highest BCUT2D eigenvalue weighted by Gasteiger charge is 2.31. The van der Waals surface area contributed by atoms with Gasteiger partial charge in [0.05, 0.1) is 38.1 Å². The van der Waals surface area contributed by atoms with Crippen LogP contribution in [0.4, 0.5) is 10.5 Å². The fourth-order valence-electron chi connectivity index (χ4n) is 5.05. The lowest BCUT2D eigenvalue weighted by molar-refractivity contribution is 0.0631. The van der Waals surface area contributed by atoms with Gasteiger partial charge >= 0.3 is 6.09 Å². The second kappa shape index (κ2) is 10.9. The first kappa shape index (κ1) is 25.3. The molecule has 9 heteroatoms. The summed E-state index contributed by atoms with van der Waals surface area (Å²) in [6, 6.07) is 15.2. The third kappa shape index (κ3) is 4.80. The van der Waals surface area contributed by atoms with Gasteiger partial charge in [-0.3, -0.25) is 10.1 Å². The van der Waals surface area contributed by atoms with Crippen molar-refractivity contribution in [3.63, 3.8) is 0 Å². The van der Waals surface area contributed by atoms with Crippen LogP contribution in [0.5, 0.6) is 5.75 Å². The van der Waals surface area contributed by atoms with Gasteiger partial charge in [0, 0.05) is 48.1 Å². The van der Waals surface area contributed by atoms with Crippen LogP contribution in [-0.4, -0.2) is 67.4 Å². The minimum atomic E-state index is -0.640. The smallest absolute Gasteiger partial charge is 0.411 e. The van der Waals surface area contributed by atoms with Crippen molar-refractivity contribution in [2.75, 3.05) is 39.8 Å². The van der Waals surface area contributed by atoms with E-state index in [0.717, 1.165) is 51.9 Å². The quantitative estimate of drug-likeness (QED) is 0.345. The van der Waals surface area contributed by atoms with Crippen LogP contribution in [0.15, 0.2) is 60.9 Å². The maximum atomic E-state index is 13.7. The summed E-state index contributed by atoms with van der Waals surface area (Å²) in [6.07, 6.45) is 4.82. The van der Waals surface area contributed by atoms with Crippen LogP contribution in [0.2, 0.25) is 0 Å². The number of benzene rings is 2. The molecule has 2 amide bonds. The predicted octanol–water partition coefficient (Wildman–Crippen LogP) is 5.33. The molecule has 2 aromatic carbocycles. The van der Waals surface area contributed by atoms with E-state index < -0.39 is 6.09 Å². The van der Waals surface area contributed by atoms with Crippen molar-refractivity contribution in [3.05, 3.63) is 66.5 Å². The van der Waals surface area contributed by atoms with E-state index in [1.807, 2.05) is 47.5 Å². The molecule has 0 saturated carbocycles. The standard InChI is InChI=1S/C29H30N4O5/c1-36-17-20-7-6-12-33(20)28(34)23-13-18(10-11-25(23)32-29(35)38-3)19-14-22-24(16-31-27(22)30-15-19)21-8-4-5-9-26(21)37-2/h4-5,8-11,13-16,20H,6-7,12,17H2,1-3H3,(H,30,31)(H,32,35)/t20-/m1/s1. The molecule has 1 atom stereocenters. The fraction of sp³-hybridized carbons (Fsp3) is 0.276. The van der Waals surface area contributed by atoms with Crippen LogP contribution in [0, 0.1) is 0 Å². The van der Waals surface area contributed by atoms with Crippen molar-refractivity contribution in [2.24, 2.45) is 0 Å². The van der Waals surface area contributed by atoms with Crippen molar-refractivity contribution in [1.82, 2.24) is 14.9 Å². The number of methoxy groups -OCH3 is 3. The Morgan fingerprint density at radius 2 is 1.92 bits per heavy atom. The lowest BCUT2D eigenvalue weighted by Gasteiger charge is -2.25. The van der Waals surface area contributed by atoms with E-state index in [0.29, 0.717) is 24.4 Å². The Kier molecular flexibility index (Phi) is 7.28. The number of nitrogens with one attached hydrogen (secondary N) is 2. The summed E-state index contributed by atoms with van der Waals surface area (Å²) < 4.78 is 15.7. The maximum Gasteiger partial charge on any atom is 0.411 e. The number of nitrogens with zero attached hydrogens (tertiary/aromatic N) is 2. The molecular weight excluding hydrogens is 484 g/mol. The van der Waals surface area contributed by atoms with Crippen molar-refractivity contribution in [1.29, 1.82) is 0 Å². The van der Waals surface area contributed by atoms with Crippen LogP contribution in [0.3, 0.4) is 0 Å². The van der Waals surface area contributed by atoms with Gasteiger partial charge in [-0.05, 0) is 42.7 Å². The molecule has 4 aromatic rings. The Hall–Kier alpha value is -4.37. The normalized spacial score (nSPS) is 15.0. The Morgan fingerprint density at radius 3 is 2.71 bits per heavy atom. The highest BCUT2D eigenvalue weighted by molar-refractivity contribution is 6.04. The Labute approximate surface area is 220 Å². The number of amides is 2. The summed E-state index contributed by atoms with van der Waals surface area (Å²) in [7, 11) is 4.57. The summed E-state index contributed by atoms with van der Waals surface area (Å²) in [5.74, 6) is 0.601. The molecule has 196 valence electrons. The van der Waals surface area contributed by atoms with Crippen LogP contribution in [-0.2, 0) is 9.47 Å². The van der Waals surface area contributed by atoms with Gasteiger partial charge in [0.25, 0.3) is 5.91 Å². The van der Waals surface area contributed by atoms with E-state index in [9.17, 15) is 9.59 Å². The van der Waals surface area contributed by atoms with E-state index in [4.69, 9.17) is 14.2 Å². The fourth-order valence-corrected chi connectivity index (χ4v) is 5.05. The average molecular weight is 515 g/mol. The van der Waals surface area contributed by atoms with Gasteiger partial charge in [-0.25, -0.2) is 9.78 Å². The SMILES string of the molecule is COC[C@H]1CCCN1C(=O)c1cc(-c2cnc3[nH]cc(-c4ccccc4OC)c3c2)ccc1NC(=O)OC. The second-order valence-corrected chi connectivity index (χ2v) is 9.15. The molecular formula is C29H30N4O5. The minimum Gasteiger partial charge on any atom is -0.496 e. The van der Waals surface area contributed by atoms with Gasteiger partial charge in [0.15, 0.2) is 0 Å². The molecule has 0 bridgehead atoms. The van der Waals surface area contributed by atoms with Crippen LogP contribution < -0.4 is 10.1 Å². The van der Waals surface area contributed by atoms with Crippen molar-refractivity contribution in [2.45, 2.75) is 18.9 Å². The van der Waals surface area contributed by atoms with Crippen molar-refractivity contribution in [3.8, 4) is 28.0 Å². The number of pyridine rings is 1. The number of carbonyl (C=O) groups excluding carboxylic acids is 2. The van der Waals surface area contributed by atoms with Crippen LogP contribution in [0.25, 0.3) is 33.3 Å². The van der Waals surface area contributed by atoms with E-state index in [-0.39, 0.29) is 11.9 Å². The zero-order chi connectivity index (χ0) is 26.6. The first-order chi connectivity index (χ1) is 18.5. The van der Waals surface area contributed by atoms with E-state index in [2.05, 4.69) is 15.3 Å². The first-order valence-corrected chi connectivity index (χ1v) is 12.4. The van der Waals surface area contributed by atoms with Crippen LogP contribution >= 0.6 is 0 Å². The Bertz CT molecular complexity index is 1480. The maximum absolute atomic E-state index is 13.7. The highest BCUT2D eigenvalue weighted by atomic mass is 16.5. The number of hydrogen-bond acceptors (Lipinski definition) is 6. The molecule has 2 aromatic heterocycles. The molecule has 0 aliphatic carbocycles. The Morgan fingerprint density at radius 1 is 1.08 bits per heavy atom. The Balaban J connectivity index is 1.58. The molecule has 0 radical (unpaired) electrons. The lowest BCUT2D eigenvalue weighted by Crippen LogP contribution is -2.38. The molecule has 0 unspecified atom stereocenters. The number of aromatic nitrogens is 2. The molecule has 1 aliphatic rings. The zero-order valence-corrected chi connectivity index (χ0v) is 21.6. The molecule has 2 N–H and O–H groups in total. The lowest BCUT2D eigenvalue weighted by atomic mass is 9.99. The number of hydrogen-bond donors (Lipinski definition) is 2. The number of anilines is 1. The molecule has 1 saturated heterocycles. The summed E-state index contributed by atoms with van der Waals surface area (Å²) >= 11 is 0. The summed E-state index contributed by atoms with van der Waals surface area (Å²) in [5, 5.41) is 3.61. The zero-order valence-electron chi connectivity index (χ0n) is 21.6. The van der Waals surface area contributed by atoms with E-state index in [1.54, 1.807) is 32.5 Å². The largest absolute Gasteiger partial charge is 0.496 e. The van der Waals surface area contributed by atoms with Gasteiger partial charge in [0.2, 0.25) is 0 Å². The molecule has 5 rings (SSSR count). The molecule has 3 heterocycles. The number of para-hydroxylation sites is 1. The highest BCUT2D eigenvalue weighted by Crippen LogP contribution is 2.36. The summed E-state index contributed by atoms with van der Waals surface area (Å²) in [4.78, 5) is 35.5. The number of likely N-dealkylation sites (tertiary alicyclic amines) is 1. The number of carbonyl (C=O) groups is 2. The number of H-pyrrole nitrogens is 1. The number of fused-ring (bicyclic) bond motifs is 1. The van der Waals surface area contributed by atoms with Gasteiger partial charge in [-0.2, -0.15) is 0 Å². The van der Waals surface area contributed by atoms with Gasteiger partial charge in [-0.1, -0.05) is 24.3 Å². The van der Waals surface area contributed by atoms with Gasteiger partial charge < -0.3 is 24.1 Å². The van der Waals surface area contributed by atoms with Gasteiger partial charge in [-0.15, -0.1) is 0 Å². The number of ether oxygens (including phenoxy) is 3. The van der Waals surface area contributed by atoms with Crippen molar-refractivity contribution >= 4 is 28.7 Å². The topological polar surface area (TPSA) is 106 Å². The van der Waals surface area contributed by atoms with Crippen molar-refractivity contribution < 1.29 is 23.8 Å². The monoisotopic (exact) mass is 514 g/mol. The third-order valence-electron chi connectivity index (χ3n) is 6.93. The molecule has 1 aliphatic heterocycles. The molecule has 9 nitrogen and oxygen atoms in total. The summed E-state index contributed by atoms with van der Waals surface area (Å²) in [6.45, 7) is 1.10. The molecule has 1 fully saturated rings. The van der Waals surface area contributed by atoms with Crippen LogP contribution in [0.1, 0.15) is 23.2 Å². The molecule has 0 spiro atoms. The summed E-state index contributed by atoms with van der Waals surface area (Å²) in [5.41, 5.74) is 5.07.